The second-order valence-electron chi connectivity index (χ2n) is 4.89. The van der Waals surface area contributed by atoms with E-state index in [2.05, 4.69) is 35.1 Å². The maximum atomic E-state index is 4.13. The van der Waals surface area contributed by atoms with E-state index >= 15 is 0 Å². The normalized spacial score (nSPS) is 18.5. The molecule has 0 aromatic carbocycles. The minimum absolute atomic E-state index is 0.686. The number of hydrogen-bond acceptors (Lipinski definition) is 3. The van der Waals surface area contributed by atoms with Crippen LogP contribution in [0.1, 0.15) is 30.9 Å². The van der Waals surface area contributed by atoms with Gasteiger partial charge < -0.3 is 10.2 Å². The summed E-state index contributed by atoms with van der Waals surface area (Å²) in [7, 11) is 0. The van der Waals surface area contributed by atoms with E-state index in [0.29, 0.717) is 6.04 Å². The number of nitrogens with zero attached hydrogens (tertiary/aromatic N) is 2. The van der Waals surface area contributed by atoms with Gasteiger partial charge in [0.05, 0.1) is 0 Å². The molecule has 0 saturated carbocycles. The summed E-state index contributed by atoms with van der Waals surface area (Å²) >= 11 is 0. The standard InChI is InChI=1S/C14H23N3/c1-3-17-8-5-14(6-9-17)16-11-13-4-7-15-10-12(13)2/h4,7,10,14,16H,3,5-6,8-9,11H2,1-2H3. The van der Waals surface area contributed by atoms with Crippen LogP contribution in [0.25, 0.3) is 0 Å². The highest BCUT2D eigenvalue weighted by atomic mass is 15.1. The Morgan fingerprint density at radius 2 is 2.18 bits per heavy atom. The van der Waals surface area contributed by atoms with Gasteiger partial charge in [0.2, 0.25) is 0 Å². The number of rotatable bonds is 4. The fourth-order valence-corrected chi connectivity index (χ4v) is 2.41. The summed E-state index contributed by atoms with van der Waals surface area (Å²) in [5.74, 6) is 0. The van der Waals surface area contributed by atoms with Crippen molar-refractivity contribution in [1.82, 2.24) is 15.2 Å². The van der Waals surface area contributed by atoms with Gasteiger partial charge in [0, 0.05) is 25.0 Å². The van der Waals surface area contributed by atoms with Crippen molar-refractivity contribution < 1.29 is 0 Å². The van der Waals surface area contributed by atoms with Crippen LogP contribution >= 0.6 is 0 Å². The number of hydrogen-bond donors (Lipinski definition) is 1. The summed E-state index contributed by atoms with van der Waals surface area (Å²) in [4.78, 5) is 6.65. The van der Waals surface area contributed by atoms with Crippen LogP contribution in [0.2, 0.25) is 0 Å². The fraction of sp³-hybridized carbons (Fsp3) is 0.643. The Hall–Kier alpha value is -0.930. The molecule has 0 radical (unpaired) electrons. The molecule has 1 aromatic rings. The highest BCUT2D eigenvalue weighted by Gasteiger charge is 2.17. The largest absolute Gasteiger partial charge is 0.310 e. The van der Waals surface area contributed by atoms with E-state index in [4.69, 9.17) is 0 Å². The van der Waals surface area contributed by atoms with E-state index in [-0.39, 0.29) is 0 Å². The van der Waals surface area contributed by atoms with Crippen LogP contribution in [0.3, 0.4) is 0 Å². The van der Waals surface area contributed by atoms with Crippen molar-refractivity contribution in [3.8, 4) is 0 Å². The molecular weight excluding hydrogens is 210 g/mol. The number of piperidine rings is 1. The summed E-state index contributed by atoms with van der Waals surface area (Å²) in [6, 6.07) is 2.80. The molecule has 0 amide bonds. The predicted octanol–water partition coefficient (Wildman–Crippen LogP) is 1.96. The minimum Gasteiger partial charge on any atom is -0.310 e. The molecule has 2 rings (SSSR count). The van der Waals surface area contributed by atoms with Gasteiger partial charge in [-0.1, -0.05) is 6.92 Å². The van der Waals surface area contributed by atoms with Crippen molar-refractivity contribution in [3.63, 3.8) is 0 Å². The van der Waals surface area contributed by atoms with Crippen LogP contribution in [0.4, 0.5) is 0 Å². The van der Waals surface area contributed by atoms with E-state index < -0.39 is 0 Å². The molecule has 0 aliphatic carbocycles. The zero-order chi connectivity index (χ0) is 12.1. The second-order valence-corrected chi connectivity index (χ2v) is 4.89. The van der Waals surface area contributed by atoms with Crippen LogP contribution < -0.4 is 5.32 Å². The predicted molar refractivity (Wildman–Crippen MR) is 70.9 cm³/mol. The second kappa shape index (κ2) is 6.12. The van der Waals surface area contributed by atoms with Crippen LogP contribution in [0.5, 0.6) is 0 Å². The molecule has 1 aliphatic rings. The summed E-state index contributed by atoms with van der Waals surface area (Å²) < 4.78 is 0. The molecule has 1 saturated heterocycles. The monoisotopic (exact) mass is 233 g/mol. The van der Waals surface area contributed by atoms with Crippen LogP contribution in [0.15, 0.2) is 18.5 Å². The van der Waals surface area contributed by atoms with Gasteiger partial charge in [-0.25, -0.2) is 0 Å². The van der Waals surface area contributed by atoms with E-state index in [1.165, 1.54) is 43.6 Å². The molecule has 3 heteroatoms. The first-order chi connectivity index (χ1) is 8.29. The lowest BCUT2D eigenvalue weighted by Gasteiger charge is -2.31. The Morgan fingerprint density at radius 3 is 2.82 bits per heavy atom. The third kappa shape index (κ3) is 3.51. The highest BCUT2D eigenvalue weighted by Crippen LogP contribution is 2.11. The quantitative estimate of drug-likeness (QED) is 0.861. The SMILES string of the molecule is CCN1CCC(NCc2ccncc2C)CC1. The first-order valence-electron chi connectivity index (χ1n) is 6.65. The average Bonchev–Trinajstić information content (AvgIpc) is 2.38. The van der Waals surface area contributed by atoms with Gasteiger partial charge in [-0.2, -0.15) is 0 Å². The van der Waals surface area contributed by atoms with E-state index in [1.54, 1.807) is 0 Å². The van der Waals surface area contributed by atoms with Crippen molar-refractivity contribution in [2.45, 2.75) is 39.3 Å². The maximum absolute atomic E-state index is 4.13. The molecule has 0 unspecified atom stereocenters. The molecule has 0 atom stereocenters. The van der Waals surface area contributed by atoms with Gasteiger partial charge in [-0.3, -0.25) is 4.98 Å². The van der Waals surface area contributed by atoms with Crippen molar-refractivity contribution in [2.24, 2.45) is 0 Å². The Kier molecular flexibility index (Phi) is 4.51. The summed E-state index contributed by atoms with van der Waals surface area (Å²) in [6.45, 7) is 9.02. The van der Waals surface area contributed by atoms with Crippen LogP contribution in [-0.4, -0.2) is 35.6 Å². The molecule has 3 nitrogen and oxygen atoms in total. The lowest BCUT2D eigenvalue weighted by Crippen LogP contribution is -2.42. The van der Waals surface area contributed by atoms with Crippen LogP contribution in [-0.2, 0) is 6.54 Å². The molecule has 1 aromatic heterocycles. The molecule has 17 heavy (non-hydrogen) atoms. The molecule has 1 fully saturated rings. The van der Waals surface area contributed by atoms with E-state index in [0.717, 1.165) is 6.54 Å². The number of aryl methyl sites for hydroxylation is 1. The van der Waals surface area contributed by atoms with E-state index in [9.17, 15) is 0 Å². The molecule has 94 valence electrons. The molecule has 2 heterocycles. The maximum Gasteiger partial charge on any atom is 0.0300 e. The number of pyridine rings is 1. The fourth-order valence-electron chi connectivity index (χ4n) is 2.41. The number of likely N-dealkylation sites (tertiary alicyclic amines) is 1. The van der Waals surface area contributed by atoms with Crippen molar-refractivity contribution >= 4 is 0 Å². The highest BCUT2D eigenvalue weighted by molar-refractivity contribution is 5.21. The van der Waals surface area contributed by atoms with Crippen LogP contribution in [0, 0.1) is 6.92 Å². The first kappa shape index (κ1) is 12.5. The zero-order valence-electron chi connectivity index (χ0n) is 10.9. The van der Waals surface area contributed by atoms with Gasteiger partial charge in [-0.05, 0) is 56.6 Å². The lowest BCUT2D eigenvalue weighted by atomic mass is 10.0. The van der Waals surface area contributed by atoms with Crippen molar-refractivity contribution in [1.29, 1.82) is 0 Å². The summed E-state index contributed by atoms with van der Waals surface area (Å²) in [6.07, 6.45) is 6.37. The molecule has 1 N–H and O–H groups in total. The Morgan fingerprint density at radius 1 is 1.41 bits per heavy atom. The molecule has 0 spiro atoms. The average molecular weight is 233 g/mol. The van der Waals surface area contributed by atoms with E-state index in [1.807, 2.05) is 12.4 Å². The van der Waals surface area contributed by atoms with Crippen molar-refractivity contribution in [2.75, 3.05) is 19.6 Å². The molecular formula is C14H23N3. The van der Waals surface area contributed by atoms with Gasteiger partial charge in [0.15, 0.2) is 0 Å². The van der Waals surface area contributed by atoms with Gasteiger partial charge in [-0.15, -0.1) is 0 Å². The third-order valence-corrected chi connectivity index (χ3v) is 3.75. The smallest absolute Gasteiger partial charge is 0.0300 e. The lowest BCUT2D eigenvalue weighted by molar-refractivity contribution is 0.206. The Balaban J connectivity index is 1.78. The first-order valence-corrected chi connectivity index (χ1v) is 6.65. The Bertz CT molecular complexity index is 343. The number of nitrogens with one attached hydrogen (secondary N) is 1. The van der Waals surface area contributed by atoms with Gasteiger partial charge >= 0.3 is 0 Å². The zero-order valence-corrected chi connectivity index (χ0v) is 10.9. The van der Waals surface area contributed by atoms with Gasteiger partial charge in [0.1, 0.15) is 0 Å². The third-order valence-electron chi connectivity index (χ3n) is 3.75. The minimum atomic E-state index is 0.686. The molecule has 0 bridgehead atoms. The summed E-state index contributed by atoms with van der Waals surface area (Å²) in [5, 5.41) is 3.67. The topological polar surface area (TPSA) is 28.2 Å². The Labute approximate surface area is 104 Å². The molecule has 1 aliphatic heterocycles. The van der Waals surface area contributed by atoms with Gasteiger partial charge in [0.25, 0.3) is 0 Å². The summed E-state index contributed by atoms with van der Waals surface area (Å²) in [5.41, 5.74) is 2.66. The van der Waals surface area contributed by atoms with Crippen molar-refractivity contribution in [3.05, 3.63) is 29.6 Å². The number of aromatic nitrogens is 1.